The predicted octanol–water partition coefficient (Wildman–Crippen LogP) is 0.276. The van der Waals surface area contributed by atoms with E-state index in [-0.39, 0.29) is 24.0 Å². The second-order valence-corrected chi connectivity index (χ2v) is 4.86. The molecule has 0 rings (SSSR count). The van der Waals surface area contributed by atoms with Gasteiger partial charge in [-0.2, -0.15) is 0 Å². The molecule has 0 amide bonds. The second kappa shape index (κ2) is 10.5. The van der Waals surface area contributed by atoms with Crippen molar-refractivity contribution in [2.75, 3.05) is 33.1 Å². The Morgan fingerprint density at radius 2 is 1.50 bits per heavy atom. The van der Waals surface area contributed by atoms with Crippen LogP contribution in [0.4, 0.5) is 0 Å². The molecule has 0 radical (unpaired) electrons. The van der Waals surface area contributed by atoms with Gasteiger partial charge >= 0.3 is 0 Å². The van der Waals surface area contributed by atoms with E-state index in [0.29, 0.717) is 0 Å². The Bertz CT molecular complexity index is 118. The van der Waals surface area contributed by atoms with E-state index in [2.05, 4.69) is 21.0 Å². The molecule has 0 N–H and O–H groups in total. The molecule has 0 aliphatic carbocycles. The third kappa shape index (κ3) is 11.1. The quantitative estimate of drug-likeness (QED) is 0.259. The summed E-state index contributed by atoms with van der Waals surface area (Å²) >= 11 is 5.73. The first-order valence-electron chi connectivity index (χ1n) is 5.50. The van der Waals surface area contributed by atoms with Crippen molar-refractivity contribution in [3.8, 4) is 0 Å². The number of quaternary nitrogens is 1. The lowest BCUT2D eigenvalue weighted by molar-refractivity contribution is -0.888. The maximum atomic E-state index is 5.73. The van der Waals surface area contributed by atoms with E-state index in [1.165, 1.54) is 38.6 Å². The highest BCUT2D eigenvalue weighted by molar-refractivity contribution is 6.17. The normalized spacial score (nSPS) is 11.1. The Hall–Kier alpha value is 0.980. The van der Waals surface area contributed by atoms with Gasteiger partial charge in [0.05, 0.1) is 33.1 Å². The van der Waals surface area contributed by atoms with Crippen molar-refractivity contribution in [3.05, 3.63) is 0 Å². The summed E-state index contributed by atoms with van der Waals surface area (Å²) in [7, 11) is 4.53. The molecule has 1 nitrogen and oxygen atoms in total. The van der Waals surface area contributed by atoms with Crippen molar-refractivity contribution >= 4 is 11.6 Å². The maximum Gasteiger partial charge on any atom is 0.0920 e. The van der Waals surface area contributed by atoms with Crippen molar-refractivity contribution in [1.29, 1.82) is 0 Å². The van der Waals surface area contributed by atoms with Crippen LogP contribution in [0.2, 0.25) is 0 Å². The number of rotatable bonds is 8. The maximum absolute atomic E-state index is 5.73. The van der Waals surface area contributed by atoms with Gasteiger partial charge in [0.25, 0.3) is 0 Å². The van der Waals surface area contributed by atoms with Crippen molar-refractivity contribution in [1.82, 2.24) is 0 Å². The standard InChI is InChI=1S/C11H25ClN.HI/c1-4-5-6-7-8-10-13(2,3)11-9-12;/h4-11H2,1-3H3;1H/q+1;/p-1. The summed E-state index contributed by atoms with van der Waals surface area (Å²) in [5, 5.41) is 0. The van der Waals surface area contributed by atoms with Crippen LogP contribution in [-0.2, 0) is 0 Å². The molecule has 0 aromatic carbocycles. The average molecular weight is 334 g/mol. The Labute approximate surface area is 112 Å². The molecule has 0 unspecified atom stereocenters. The molecule has 0 heterocycles. The number of unbranched alkanes of at least 4 members (excludes halogenated alkanes) is 4. The summed E-state index contributed by atoms with van der Waals surface area (Å²) in [4.78, 5) is 0. The van der Waals surface area contributed by atoms with Crippen LogP contribution in [0.3, 0.4) is 0 Å². The minimum absolute atomic E-state index is 0. The lowest BCUT2D eigenvalue weighted by Gasteiger charge is -2.28. The molecule has 0 aliphatic heterocycles. The molecule has 0 aliphatic rings. The largest absolute Gasteiger partial charge is 1.00 e. The van der Waals surface area contributed by atoms with Crippen LogP contribution in [0.5, 0.6) is 0 Å². The number of nitrogens with zero attached hydrogens (tertiary/aromatic N) is 1. The topological polar surface area (TPSA) is 0 Å². The Morgan fingerprint density at radius 1 is 0.929 bits per heavy atom. The molecule has 0 atom stereocenters. The fourth-order valence-corrected chi connectivity index (χ4v) is 1.94. The molecule has 0 aromatic heterocycles. The first-order valence-corrected chi connectivity index (χ1v) is 6.04. The summed E-state index contributed by atoms with van der Waals surface area (Å²) in [6.45, 7) is 4.62. The van der Waals surface area contributed by atoms with Crippen molar-refractivity contribution < 1.29 is 28.5 Å². The van der Waals surface area contributed by atoms with Gasteiger partial charge in [0.15, 0.2) is 0 Å². The Morgan fingerprint density at radius 3 is 2.00 bits per heavy atom. The first kappa shape index (κ1) is 17.4. The average Bonchev–Trinajstić information content (AvgIpc) is 2.04. The highest BCUT2D eigenvalue weighted by Gasteiger charge is 2.12. The zero-order valence-corrected chi connectivity index (χ0v) is 12.8. The fraction of sp³-hybridized carbons (Fsp3) is 1.00. The number of alkyl halides is 1. The molecule has 0 aromatic rings. The zero-order valence-electron chi connectivity index (χ0n) is 9.86. The molecule has 88 valence electrons. The molecule has 0 spiro atoms. The Kier molecular flexibility index (Phi) is 13.0. The van der Waals surface area contributed by atoms with E-state index in [9.17, 15) is 0 Å². The number of hydrogen-bond donors (Lipinski definition) is 0. The van der Waals surface area contributed by atoms with Gasteiger partial charge in [-0.15, -0.1) is 11.6 Å². The van der Waals surface area contributed by atoms with E-state index in [1.54, 1.807) is 0 Å². The van der Waals surface area contributed by atoms with Gasteiger partial charge in [-0.3, -0.25) is 0 Å². The summed E-state index contributed by atoms with van der Waals surface area (Å²) < 4.78 is 1.08. The van der Waals surface area contributed by atoms with Crippen LogP contribution in [0.15, 0.2) is 0 Å². The fourth-order valence-electron chi connectivity index (χ4n) is 1.48. The van der Waals surface area contributed by atoms with Crippen molar-refractivity contribution in [3.63, 3.8) is 0 Å². The van der Waals surface area contributed by atoms with Crippen LogP contribution in [0.1, 0.15) is 39.0 Å². The van der Waals surface area contributed by atoms with E-state index < -0.39 is 0 Å². The third-order valence-electron chi connectivity index (χ3n) is 2.56. The molecule has 14 heavy (non-hydrogen) atoms. The molecule has 0 bridgehead atoms. The van der Waals surface area contributed by atoms with Gasteiger partial charge in [0, 0.05) is 0 Å². The minimum atomic E-state index is 0. The van der Waals surface area contributed by atoms with Crippen LogP contribution in [0, 0.1) is 0 Å². The van der Waals surface area contributed by atoms with E-state index >= 15 is 0 Å². The lowest BCUT2D eigenvalue weighted by atomic mass is 10.1. The highest BCUT2D eigenvalue weighted by Crippen LogP contribution is 2.06. The van der Waals surface area contributed by atoms with Gasteiger partial charge in [-0.25, -0.2) is 0 Å². The predicted molar refractivity (Wildman–Crippen MR) is 61.3 cm³/mol. The Balaban J connectivity index is 0. The molecule has 0 saturated heterocycles. The van der Waals surface area contributed by atoms with E-state index in [4.69, 9.17) is 11.6 Å². The van der Waals surface area contributed by atoms with Crippen LogP contribution < -0.4 is 24.0 Å². The summed E-state index contributed by atoms with van der Waals surface area (Å²) in [5.41, 5.74) is 0. The zero-order chi connectivity index (χ0) is 10.2. The van der Waals surface area contributed by atoms with E-state index in [0.717, 1.165) is 16.9 Å². The summed E-state index contributed by atoms with van der Waals surface area (Å²) in [6.07, 6.45) is 6.86. The van der Waals surface area contributed by atoms with Crippen molar-refractivity contribution in [2.24, 2.45) is 0 Å². The lowest BCUT2D eigenvalue weighted by Crippen LogP contribution is -3.00. The molecular weight excluding hydrogens is 308 g/mol. The first-order chi connectivity index (χ1) is 6.12. The molecule has 3 heteroatoms. The van der Waals surface area contributed by atoms with Gasteiger partial charge in [-0.1, -0.05) is 26.2 Å². The van der Waals surface area contributed by atoms with Crippen LogP contribution in [-0.4, -0.2) is 37.5 Å². The summed E-state index contributed by atoms with van der Waals surface area (Å²) in [6, 6.07) is 0. The molecular formula is C11H25ClIN. The highest BCUT2D eigenvalue weighted by atomic mass is 127. The van der Waals surface area contributed by atoms with Gasteiger partial charge in [-0.05, 0) is 12.8 Å². The van der Waals surface area contributed by atoms with Crippen molar-refractivity contribution in [2.45, 2.75) is 39.0 Å². The smallest absolute Gasteiger partial charge is 0.0920 e. The third-order valence-corrected chi connectivity index (χ3v) is 2.73. The van der Waals surface area contributed by atoms with E-state index in [1.807, 2.05) is 0 Å². The van der Waals surface area contributed by atoms with Gasteiger partial charge in [0.1, 0.15) is 0 Å². The second-order valence-electron chi connectivity index (χ2n) is 4.49. The summed E-state index contributed by atoms with van der Waals surface area (Å²) in [5.74, 6) is 0.780. The van der Waals surface area contributed by atoms with Gasteiger partial charge in [0.2, 0.25) is 0 Å². The van der Waals surface area contributed by atoms with Crippen LogP contribution >= 0.6 is 11.6 Å². The van der Waals surface area contributed by atoms with Gasteiger partial charge < -0.3 is 28.5 Å². The molecule has 0 saturated carbocycles. The minimum Gasteiger partial charge on any atom is -1.00 e. The molecule has 0 fully saturated rings. The SMILES string of the molecule is CCCCCCC[N+](C)(C)CCCl.[I-]. The number of hydrogen-bond acceptors (Lipinski definition) is 0. The van der Waals surface area contributed by atoms with Crippen LogP contribution in [0.25, 0.3) is 0 Å². The number of halogens is 2. The monoisotopic (exact) mass is 333 g/mol.